The van der Waals surface area contributed by atoms with Gasteiger partial charge in [-0.3, -0.25) is 9.36 Å². The second kappa shape index (κ2) is 9.36. The van der Waals surface area contributed by atoms with Crippen LogP contribution < -0.4 is 4.74 Å². The molecule has 0 amide bonds. The highest BCUT2D eigenvalue weighted by Gasteiger charge is 2.27. The molecule has 0 aliphatic heterocycles. The van der Waals surface area contributed by atoms with Gasteiger partial charge in [0, 0.05) is 16.6 Å². The lowest BCUT2D eigenvalue weighted by Crippen LogP contribution is -2.24. The van der Waals surface area contributed by atoms with Crippen molar-refractivity contribution >= 4 is 28.6 Å². The molecule has 1 aliphatic rings. The lowest BCUT2D eigenvalue weighted by Gasteiger charge is -2.18. The number of carbonyl (C=O) groups excluding carboxylic acids is 1. The molecule has 34 heavy (non-hydrogen) atoms. The summed E-state index contributed by atoms with van der Waals surface area (Å²) in [5.74, 6) is 0.804. The number of nitriles is 1. The monoisotopic (exact) mass is 467 g/mol. The van der Waals surface area contributed by atoms with E-state index in [4.69, 9.17) is 9.72 Å². The number of benzene rings is 2. The number of para-hydroxylation sites is 1. The number of carbonyl (C=O) groups is 1. The zero-order chi connectivity index (χ0) is 23.7. The highest BCUT2D eigenvalue weighted by Crippen LogP contribution is 2.35. The van der Waals surface area contributed by atoms with Crippen LogP contribution in [-0.2, 0) is 12.8 Å². The minimum atomic E-state index is -0.396. The van der Waals surface area contributed by atoms with Gasteiger partial charge in [-0.15, -0.1) is 0 Å². The zero-order valence-electron chi connectivity index (χ0n) is 19.2. The highest BCUT2D eigenvalue weighted by atomic mass is 32.2. The van der Waals surface area contributed by atoms with Crippen LogP contribution in [0.2, 0.25) is 0 Å². The minimum absolute atomic E-state index is 0.0323. The number of ether oxygens (including phenoxy) is 1. The van der Waals surface area contributed by atoms with Crippen LogP contribution in [0.5, 0.6) is 5.75 Å². The molecule has 0 fully saturated rings. The number of hydrogen-bond acceptors (Lipinski definition) is 5. The SMILES string of the molecule is COc1ccc(-c2ccc(C#N)c(SC(C)C(=O)n3c4c(c5ccccc53)CCCC4)n2)cc1. The fourth-order valence-electron chi connectivity index (χ4n) is 4.68. The van der Waals surface area contributed by atoms with E-state index in [0.29, 0.717) is 10.6 Å². The molecule has 2 heterocycles. The predicted octanol–water partition coefficient (Wildman–Crippen LogP) is 6.28. The Morgan fingerprint density at radius 3 is 2.62 bits per heavy atom. The minimum Gasteiger partial charge on any atom is -0.497 e. The Morgan fingerprint density at radius 2 is 1.85 bits per heavy atom. The molecule has 0 radical (unpaired) electrons. The van der Waals surface area contributed by atoms with E-state index >= 15 is 0 Å². The fourth-order valence-corrected chi connectivity index (χ4v) is 5.62. The van der Waals surface area contributed by atoms with Gasteiger partial charge in [0.15, 0.2) is 0 Å². The van der Waals surface area contributed by atoms with E-state index in [2.05, 4.69) is 12.1 Å². The first-order chi connectivity index (χ1) is 16.6. The van der Waals surface area contributed by atoms with Gasteiger partial charge in [-0.2, -0.15) is 5.26 Å². The Hall–Kier alpha value is -3.56. The molecule has 6 heteroatoms. The van der Waals surface area contributed by atoms with Crippen molar-refractivity contribution in [1.29, 1.82) is 5.26 Å². The molecule has 1 aliphatic carbocycles. The highest BCUT2D eigenvalue weighted by molar-refractivity contribution is 8.00. The van der Waals surface area contributed by atoms with E-state index in [-0.39, 0.29) is 5.91 Å². The molecule has 0 bridgehead atoms. The van der Waals surface area contributed by atoms with Crippen molar-refractivity contribution in [3.05, 3.63) is 77.5 Å². The molecule has 0 saturated carbocycles. The van der Waals surface area contributed by atoms with Crippen molar-refractivity contribution in [2.24, 2.45) is 0 Å². The van der Waals surface area contributed by atoms with Crippen LogP contribution in [0.4, 0.5) is 0 Å². The van der Waals surface area contributed by atoms with Gasteiger partial charge in [0.05, 0.1) is 29.1 Å². The van der Waals surface area contributed by atoms with E-state index in [0.717, 1.165) is 53.9 Å². The summed E-state index contributed by atoms with van der Waals surface area (Å²) in [6, 6.07) is 21.7. The first-order valence-corrected chi connectivity index (χ1v) is 12.4. The lowest BCUT2D eigenvalue weighted by atomic mass is 9.95. The predicted molar refractivity (Wildman–Crippen MR) is 135 cm³/mol. The number of pyridine rings is 1. The average Bonchev–Trinajstić information content (AvgIpc) is 3.22. The van der Waals surface area contributed by atoms with Gasteiger partial charge in [-0.1, -0.05) is 30.0 Å². The first-order valence-electron chi connectivity index (χ1n) is 11.5. The van der Waals surface area contributed by atoms with Gasteiger partial charge in [0.25, 0.3) is 0 Å². The van der Waals surface area contributed by atoms with Gasteiger partial charge in [0.1, 0.15) is 16.8 Å². The number of hydrogen-bond donors (Lipinski definition) is 0. The lowest BCUT2D eigenvalue weighted by molar-refractivity contribution is 0.0917. The summed E-state index contributed by atoms with van der Waals surface area (Å²) in [6.07, 6.45) is 4.19. The molecule has 0 N–H and O–H groups in total. The van der Waals surface area contributed by atoms with Crippen LogP contribution in [0, 0.1) is 11.3 Å². The number of aryl methyl sites for hydroxylation is 1. The van der Waals surface area contributed by atoms with E-state index in [1.807, 2.05) is 60.0 Å². The molecule has 5 rings (SSSR count). The number of aromatic nitrogens is 2. The maximum Gasteiger partial charge on any atom is 0.244 e. The second-order valence-electron chi connectivity index (χ2n) is 8.47. The summed E-state index contributed by atoms with van der Waals surface area (Å²) < 4.78 is 7.16. The van der Waals surface area contributed by atoms with Gasteiger partial charge in [-0.25, -0.2) is 4.98 Å². The molecule has 2 aromatic heterocycles. The zero-order valence-corrected chi connectivity index (χ0v) is 20.1. The van der Waals surface area contributed by atoms with Crippen LogP contribution in [0.3, 0.4) is 0 Å². The third-order valence-corrected chi connectivity index (χ3v) is 7.49. The van der Waals surface area contributed by atoms with Crippen molar-refractivity contribution in [1.82, 2.24) is 9.55 Å². The summed E-state index contributed by atoms with van der Waals surface area (Å²) in [4.78, 5) is 18.5. The average molecular weight is 468 g/mol. The number of rotatable bonds is 5. The molecule has 1 atom stereocenters. The largest absolute Gasteiger partial charge is 0.497 e. The summed E-state index contributed by atoms with van der Waals surface area (Å²) >= 11 is 1.35. The van der Waals surface area contributed by atoms with E-state index < -0.39 is 5.25 Å². The Balaban J connectivity index is 1.48. The smallest absolute Gasteiger partial charge is 0.244 e. The Bertz CT molecular complexity index is 1420. The van der Waals surface area contributed by atoms with Gasteiger partial charge in [0.2, 0.25) is 5.91 Å². The van der Waals surface area contributed by atoms with Crippen molar-refractivity contribution in [2.45, 2.75) is 42.9 Å². The van der Waals surface area contributed by atoms with Crippen molar-refractivity contribution in [3.8, 4) is 23.1 Å². The van der Waals surface area contributed by atoms with E-state index in [9.17, 15) is 10.1 Å². The molecule has 1 unspecified atom stereocenters. The second-order valence-corrected chi connectivity index (χ2v) is 9.80. The standard InChI is InChI=1S/C28H25N3O2S/c1-18(28(32)31-25-9-5-3-7-22(25)23-8-4-6-10-26(23)31)34-27-20(17-29)13-16-24(30-27)19-11-14-21(33-2)15-12-19/h3,5,7,9,11-16,18H,4,6,8,10H2,1-2H3. The first kappa shape index (κ1) is 22.2. The van der Waals surface area contributed by atoms with Crippen LogP contribution in [0.1, 0.15) is 41.4 Å². The quantitative estimate of drug-likeness (QED) is 0.323. The van der Waals surface area contributed by atoms with Crippen LogP contribution >= 0.6 is 11.8 Å². The van der Waals surface area contributed by atoms with Crippen LogP contribution in [0.15, 0.2) is 65.7 Å². The fraction of sp³-hybridized carbons (Fsp3) is 0.250. The number of thioether (sulfide) groups is 1. The Morgan fingerprint density at radius 1 is 1.09 bits per heavy atom. The van der Waals surface area contributed by atoms with Crippen molar-refractivity contribution < 1.29 is 9.53 Å². The number of nitrogens with zero attached hydrogens (tertiary/aromatic N) is 3. The Kier molecular flexibility index (Phi) is 6.12. The molecule has 5 nitrogen and oxygen atoms in total. The molecular formula is C28H25N3O2S. The van der Waals surface area contributed by atoms with Crippen molar-refractivity contribution in [2.75, 3.05) is 7.11 Å². The van der Waals surface area contributed by atoms with Gasteiger partial charge >= 0.3 is 0 Å². The number of methoxy groups -OCH3 is 1. The topological polar surface area (TPSA) is 67.9 Å². The van der Waals surface area contributed by atoms with Gasteiger partial charge < -0.3 is 4.74 Å². The third kappa shape index (κ3) is 3.97. The van der Waals surface area contributed by atoms with Crippen molar-refractivity contribution in [3.63, 3.8) is 0 Å². The third-order valence-electron chi connectivity index (χ3n) is 6.40. The number of fused-ring (bicyclic) bond motifs is 3. The van der Waals surface area contributed by atoms with Crippen LogP contribution in [-0.4, -0.2) is 27.8 Å². The summed E-state index contributed by atoms with van der Waals surface area (Å²) in [7, 11) is 1.63. The maximum absolute atomic E-state index is 13.7. The normalized spacial score (nSPS) is 13.8. The molecule has 2 aromatic carbocycles. The summed E-state index contributed by atoms with van der Waals surface area (Å²) in [5, 5.41) is 11.0. The molecule has 4 aromatic rings. The van der Waals surface area contributed by atoms with Gasteiger partial charge in [-0.05, 0) is 80.6 Å². The molecule has 170 valence electrons. The summed E-state index contributed by atoms with van der Waals surface area (Å²) in [5.41, 5.74) is 5.59. The summed E-state index contributed by atoms with van der Waals surface area (Å²) in [6.45, 7) is 1.90. The molecule has 0 spiro atoms. The van der Waals surface area contributed by atoms with E-state index in [1.165, 1.54) is 22.7 Å². The van der Waals surface area contributed by atoms with E-state index in [1.54, 1.807) is 13.2 Å². The maximum atomic E-state index is 13.7. The van der Waals surface area contributed by atoms with Crippen LogP contribution in [0.25, 0.3) is 22.2 Å². The molecular weight excluding hydrogens is 442 g/mol. The molecule has 0 saturated heterocycles. The Labute approximate surface area is 203 Å².